The number of aromatic nitrogens is 1. The monoisotopic (exact) mass is 188 g/mol. The first-order valence-electron chi connectivity index (χ1n) is 5.60. The molecule has 2 N–H and O–H groups in total. The van der Waals surface area contributed by atoms with Gasteiger partial charge in [-0.1, -0.05) is 6.42 Å². The summed E-state index contributed by atoms with van der Waals surface area (Å²) in [6.07, 6.45) is 8.62. The standard InChI is InChI=1S/C12H16N2/c13-11-6-10(8-2-1-3-8)7-14-12(11)9-4-5-9/h6-9H,1-5,13H2. The zero-order chi connectivity index (χ0) is 9.54. The molecule has 0 atom stereocenters. The first-order valence-corrected chi connectivity index (χ1v) is 5.60. The summed E-state index contributed by atoms with van der Waals surface area (Å²) in [7, 11) is 0. The maximum atomic E-state index is 6.02. The van der Waals surface area contributed by atoms with Gasteiger partial charge >= 0.3 is 0 Å². The van der Waals surface area contributed by atoms with Gasteiger partial charge in [-0.2, -0.15) is 0 Å². The third-order valence-electron chi connectivity index (χ3n) is 3.51. The van der Waals surface area contributed by atoms with Gasteiger partial charge in [-0.25, -0.2) is 0 Å². The fourth-order valence-corrected chi connectivity index (χ4v) is 2.17. The predicted octanol–water partition coefficient (Wildman–Crippen LogP) is 2.81. The SMILES string of the molecule is Nc1cc(C2CCC2)cnc1C1CC1. The average molecular weight is 188 g/mol. The van der Waals surface area contributed by atoms with Gasteiger partial charge in [0.15, 0.2) is 0 Å². The first kappa shape index (κ1) is 8.27. The van der Waals surface area contributed by atoms with Crippen molar-refractivity contribution in [3.8, 4) is 0 Å². The van der Waals surface area contributed by atoms with Crippen LogP contribution in [0.2, 0.25) is 0 Å². The van der Waals surface area contributed by atoms with E-state index in [0.717, 1.165) is 17.3 Å². The molecule has 0 aliphatic heterocycles. The van der Waals surface area contributed by atoms with Crippen LogP contribution in [0, 0.1) is 0 Å². The molecule has 0 spiro atoms. The van der Waals surface area contributed by atoms with Gasteiger partial charge in [0.25, 0.3) is 0 Å². The maximum absolute atomic E-state index is 6.02. The van der Waals surface area contributed by atoms with E-state index in [9.17, 15) is 0 Å². The minimum Gasteiger partial charge on any atom is -0.397 e. The predicted molar refractivity (Wildman–Crippen MR) is 57.2 cm³/mol. The molecule has 2 aliphatic rings. The average Bonchev–Trinajstić information content (AvgIpc) is 2.84. The van der Waals surface area contributed by atoms with Gasteiger partial charge in [0, 0.05) is 12.1 Å². The summed E-state index contributed by atoms with van der Waals surface area (Å²) >= 11 is 0. The molecule has 0 bridgehead atoms. The summed E-state index contributed by atoms with van der Waals surface area (Å²) in [5.74, 6) is 1.42. The molecule has 2 nitrogen and oxygen atoms in total. The van der Waals surface area contributed by atoms with E-state index < -0.39 is 0 Å². The molecule has 2 fully saturated rings. The summed E-state index contributed by atoms with van der Waals surface area (Å²) in [5, 5.41) is 0. The van der Waals surface area contributed by atoms with Crippen molar-refractivity contribution in [3.63, 3.8) is 0 Å². The molecule has 3 rings (SSSR count). The Kier molecular flexibility index (Phi) is 1.76. The van der Waals surface area contributed by atoms with Crippen LogP contribution in [-0.2, 0) is 0 Å². The van der Waals surface area contributed by atoms with E-state index in [1.165, 1.54) is 37.7 Å². The third kappa shape index (κ3) is 1.29. The summed E-state index contributed by atoms with van der Waals surface area (Å²) < 4.78 is 0. The van der Waals surface area contributed by atoms with Crippen molar-refractivity contribution in [2.45, 2.75) is 43.9 Å². The minimum atomic E-state index is 0.672. The number of nitrogens with two attached hydrogens (primary N) is 1. The van der Waals surface area contributed by atoms with Crippen molar-refractivity contribution in [3.05, 3.63) is 23.5 Å². The van der Waals surface area contributed by atoms with Crippen LogP contribution in [0.3, 0.4) is 0 Å². The Morgan fingerprint density at radius 2 is 1.93 bits per heavy atom. The van der Waals surface area contributed by atoms with Gasteiger partial charge in [-0.3, -0.25) is 4.98 Å². The number of pyridine rings is 1. The number of anilines is 1. The Balaban J connectivity index is 1.89. The van der Waals surface area contributed by atoms with E-state index in [4.69, 9.17) is 5.73 Å². The lowest BCUT2D eigenvalue weighted by Crippen LogP contribution is -2.10. The zero-order valence-corrected chi connectivity index (χ0v) is 8.37. The van der Waals surface area contributed by atoms with Crippen molar-refractivity contribution in [2.24, 2.45) is 0 Å². The molecular weight excluding hydrogens is 172 g/mol. The molecule has 0 saturated heterocycles. The molecule has 1 aromatic rings. The Morgan fingerprint density at radius 3 is 2.43 bits per heavy atom. The fraction of sp³-hybridized carbons (Fsp3) is 0.583. The maximum Gasteiger partial charge on any atom is 0.0663 e. The molecule has 1 heterocycles. The van der Waals surface area contributed by atoms with Crippen LogP contribution in [0.5, 0.6) is 0 Å². The Labute approximate surface area is 84.5 Å². The molecule has 2 aliphatic carbocycles. The highest BCUT2D eigenvalue weighted by molar-refractivity contribution is 5.48. The van der Waals surface area contributed by atoms with Gasteiger partial charge in [-0.15, -0.1) is 0 Å². The number of hydrogen-bond acceptors (Lipinski definition) is 2. The van der Waals surface area contributed by atoms with Crippen LogP contribution in [0.15, 0.2) is 12.3 Å². The van der Waals surface area contributed by atoms with Crippen molar-refractivity contribution in [2.75, 3.05) is 5.73 Å². The van der Waals surface area contributed by atoms with Gasteiger partial charge in [0.05, 0.1) is 11.4 Å². The van der Waals surface area contributed by atoms with Crippen LogP contribution in [0.4, 0.5) is 5.69 Å². The molecular formula is C12H16N2. The number of nitrogen functional groups attached to an aromatic ring is 1. The molecule has 0 unspecified atom stereocenters. The summed E-state index contributed by atoms with van der Waals surface area (Å²) in [4.78, 5) is 4.52. The van der Waals surface area contributed by atoms with Gasteiger partial charge < -0.3 is 5.73 Å². The van der Waals surface area contributed by atoms with E-state index in [0.29, 0.717) is 5.92 Å². The molecule has 1 aromatic heterocycles. The van der Waals surface area contributed by atoms with Gasteiger partial charge in [0.1, 0.15) is 0 Å². The van der Waals surface area contributed by atoms with Crippen LogP contribution in [0.1, 0.15) is 55.2 Å². The molecule has 0 amide bonds. The van der Waals surface area contributed by atoms with Crippen LogP contribution in [-0.4, -0.2) is 4.98 Å². The van der Waals surface area contributed by atoms with E-state index in [2.05, 4.69) is 11.1 Å². The van der Waals surface area contributed by atoms with E-state index in [1.54, 1.807) is 0 Å². The van der Waals surface area contributed by atoms with Crippen molar-refractivity contribution >= 4 is 5.69 Å². The normalized spacial score (nSPS) is 22.0. The van der Waals surface area contributed by atoms with Crippen molar-refractivity contribution < 1.29 is 0 Å². The molecule has 74 valence electrons. The lowest BCUT2D eigenvalue weighted by Gasteiger charge is -2.25. The lowest BCUT2D eigenvalue weighted by molar-refractivity contribution is 0.419. The van der Waals surface area contributed by atoms with Gasteiger partial charge in [0.2, 0.25) is 0 Å². The van der Waals surface area contributed by atoms with E-state index >= 15 is 0 Å². The van der Waals surface area contributed by atoms with E-state index in [1.807, 2.05) is 6.20 Å². The topological polar surface area (TPSA) is 38.9 Å². The second-order valence-corrected chi connectivity index (χ2v) is 4.65. The summed E-state index contributed by atoms with van der Waals surface area (Å²) in [6.45, 7) is 0. The highest BCUT2D eigenvalue weighted by Crippen LogP contribution is 2.43. The second-order valence-electron chi connectivity index (χ2n) is 4.65. The Hall–Kier alpha value is -1.05. The largest absolute Gasteiger partial charge is 0.397 e. The summed E-state index contributed by atoms with van der Waals surface area (Å²) in [6, 6.07) is 2.16. The van der Waals surface area contributed by atoms with E-state index in [-0.39, 0.29) is 0 Å². The highest BCUT2D eigenvalue weighted by atomic mass is 14.8. The third-order valence-corrected chi connectivity index (χ3v) is 3.51. The van der Waals surface area contributed by atoms with Crippen LogP contribution >= 0.6 is 0 Å². The van der Waals surface area contributed by atoms with Crippen LogP contribution in [0.25, 0.3) is 0 Å². The number of hydrogen-bond donors (Lipinski definition) is 1. The minimum absolute atomic E-state index is 0.672. The van der Waals surface area contributed by atoms with Crippen molar-refractivity contribution in [1.82, 2.24) is 4.98 Å². The van der Waals surface area contributed by atoms with Gasteiger partial charge in [-0.05, 0) is 43.2 Å². The Morgan fingerprint density at radius 1 is 1.14 bits per heavy atom. The highest BCUT2D eigenvalue weighted by Gasteiger charge is 2.28. The fourth-order valence-electron chi connectivity index (χ4n) is 2.17. The van der Waals surface area contributed by atoms with Crippen LogP contribution < -0.4 is 5.73 Å². The zero-order valence-electron chi connectivity index (χ0n) is 8.37. The number of nitrogens with zero attached hydrogens (tertiary/aromatic N) is 1. The molecule has 2 saturated carbocycles. The quantitative estimate of drug-likeness (QED) is 0.775. The lowest BCUT2D eigenvalue weighted by atomic mass is 9.80. The first-order chi connectivity index (χ1) is 6.84. The molecule has 0 aromatic carbocycles. The number of rotatable bonds is 2. The Bertz CT molecular complexity index is 351. The molecule has 2 heteroatoms. The smallest absolute Gasteiger partial charge is 0.0663 e. The second kappa shape index (κ2) is 2.97. The van der Waals surface area contributed by atoms with Crippen molar-refractivity contribution in [1.29, 1.82) is 0 Å². The summed E-state index contributed by atoms with van der Waals surface area (Å²) in [5.41, 5.74) is 9.45. The molecule has 14 heavy (non-hydrogen) atoms. The molecule has 0 radical (unpaired) electrons.